The minimum atomic E-state index is -0.342. The Balaban J connectivity index is 2.24. The third kappa shape index (κ3) is 4.73. The van der Waals surface area contributed by atoms with Crippen LogP contribution in [0.3, 0.4) is 0 Å². The van der Waals surface area contributed by atoms with Gasteiger partial charge in [-0.2, -0.15) is 9.67 Å². The van der Waals surface area contributed by atoms with Crippen molar-refractivity contribution < 1.29 is 9.59 Å². The summed E-state index contributed by atoms with van der Waals surface area (Å²) < 4.78 is 1.90. The Morgan fingerprint density at radius 3 is 2.59 bits per heavy atom. The zero-order valence-electron chi connectivity index (χ0n) is 11.9. The number of amides is 1. The summed E-state index contributed by atoms with van der Waals surface area (Å²) in [7, 11) is 0. The van der Waals surface area contributed by atoms with Gasteiger partial charge in [-0.15, -0.1) is 5.10 Å². The van der Waals surface area contributed by atoms with Gasteiger partial charge >= 0.3 is 10.5 Å². The van der Waals surface area contributed by atoms with E-state index in [1.807, 2.05) is 30.3 Å². The topological polar surface area (TPSA) is 64.3 Å². The van der Waals surface area contributed by atoms with Gasteiger partial charge in [0.25, 0.3) is 0 Å². The first kappa shape index (κ1) is 17.3. The van der Waals surface area contributed by atoms with Crippen LogP contribution in [0.2, 0.25) is 0 Å². The number of nitrogens with zero attached hydrogens (tertiary/aromatic N) is 3. The zero-order valence-corrected chi connectivity index (χ0v) is 15.2. The minimum Gasteiger partial charge on any atom is -0.259 e. The molecule has 0 spiro atoms. The van der Waals surface area contributed by atoms with Gasteiger partial charge in [0.05, 0.1) is 0 Å². The lowest BCUT2D eigenvalue weighted by atomic mass is 10.2. The fourth-order valence-electron chi connectivity index (χ4n) is 1.44. The normalized spacial score (nSPS) is 11.6. The van der Waals surface area contributed by atoms with Crippen molar-refractivity contribution in [2.45, 2.75) is 10.1 Å². The standard InChI is InChI=1S/C13H13N3O2S4/c1-19-11(17)14-10-16(13(18)20-2)15-12(22-10)21-8-9-6-4-3-5-7-9/h3-7H,8H2,1-2H3/b14-10-. The summed E-state index contributed by atoms with van der Waals surface area (Å²) in [6.07, 6.45) is 3.32. The van der Waals surface area contributed by atoms with E-state index in [2.05, 4.69) is 10.1 Å². The van der Waals surface area contributed by atoms with Crippen molar-refractivity contribution in [3.63, 3.8) is 0 Å². The summed E-state index contributed by atoms with van der Waals surface area (Å²) in [5.41, 5.74) is 1.17. The molecule has 1 heterocycles. The maximum atomic E-state index is 11.9. The van der Waals surface area contributed by atoms with Gasteiger partial charge in [0, 0.05) is 5.75 Å². The van der Waals surface area contributed by atoms with Crippen LogP contribution in [-0.4, -0.2) is 32.8 Å². The molecule has 0 N–H and O–H groups in total. The first-order chi connectivity index (χ1) is 10.6. The number of hydrogen-bond acceptors (Lipinski definition) is 7. The quantitative estimate of drug-likeness (QED) is 0.761. The van der Waals surface area contributed by atoms with Crippen LogP contribution >= 0.6 is 46.6 Å². The Labute approximate surface area is 144 Å². The van der Waals surface area contributed by atoms with E-state index in [-0.39, 0.29) is 10.5 Å². The van der Waals surface area contributed by atoms with Crippen molar-refractivity contribution in [2.24, 2.45) is 4.99 Å². The highest BCUT2D eigenvalue weighted by molar-refractivity contribution is 8.13. The molecule has 0 bridgehead atoms. The first-order valence-corrected chi connectivity index (χ1v) is 10.4. The molecule has 0 radical (unpaired) electrons. The molecule has 0 unspecified atom stereocenters. The molecule has 0 atom stereocenters. The van der Waals surface area contributed by atoms with Crippen molar-refractivity contribution in [1.82, 2.24) is 9.78 Å². The van der Waals surface area contributed by atoms with Crippen molar-refractivity contribution >= 4 is 57.1 Å². The Kier molecular flexibility index (Phi) is 6.74. The zero-order chi connectivity index (χ0) is 15.9. The molecule has 0 fully saturated rings. The van der Waals surface area contributed by atoms with E-state index in [1.165, 1.54) is 33.3 Å². The SMILES string of the molecule is CSC(=O)/N=c1\sc(SCc2ccccc2)nn1C(=O)SC. The Bertz CT molecular complexity index is 724. The number of aromatic nitrogens is 2. The number of carbonyl (C=O) groups excluding carboxylic acids is 2. The second-order valence-electron chi connectivity index (χ2n) is 3.89. The summed E-state index contributed by atoms with van der Waals surface area (Å²) >= 11 is 4.80. The van der Waals surface area contributed by atoms with Crippen LogP contribution in [0.5, 0.6) is 0 Å². The van der Waals surface area contributed by atoms with Gasteiger partial charge < -0.3 is 0 Å². The molecule has 0 saturated heterocycles. The third-order valence-electron chi connectivity index (χ3n) is 2.46. The maximum absolute atomic E-state index is 11.9. The fraction of sp³-hybridized carbons (Fsp3) is 0.231. The van der Waals surface area contributed by atoms with Crippen molar-refractivity contribution in [2.75, 3.05) is 12.5 Å². The van der Waals surface area contributed by atoms with E-state index in [9.17, 15) is 9.59 Å². The van der Waals surface area contributed by atoms with Gasteiger partial charge in [0.15, 0.2) is 4.34 Å². The molecule has 1 amide bonds. The van der Waals surface area contributed by atoms with E-state index in [4.69, 9.17) is 0 Å². The van der Waals surface area contributed by atoms with E-state index in [1.54, 1.807) is 12.5 Å². The largest absolute Gasteiger partial charge is 0.308 e. The molecule has 9 heteroatoms. The first-order valence-electron chi connectivity index (χ1n) is 6.12. The molecule has 0 saturated carbocycles. The number of hydrogen-bond donors (Lipinski definition) is 0. The van der Waals surface area contributed by atoms with Gasteiger partial charge in [-0.05, 0) is 18.1 Å². The van der Waals surface area contributed by atoms with Crippen LogP contribution < -0.4 is 4.80 Å². The smallest absolute Gasteiger partial charge is 0.259 e. The molecule has 0 aliphatic heterocycles. The summed E-state index contributed by atoms with van der Waals surface area (Å²) in [5.74, 6) is 0.748. The van der Waals surface area contributed by atoms with Crippen molar-refractivity contribution in [3.05, 3.63) is 40.7 Å². The summed E-state index contributed by atoms with van der Waals surface area (Å²) in [5, 5.41) is 3.66. The van der Waals surface area contributed by atoms with Crippen LogP contribution in [0.1, 0.15) is 5.56 Å². The monoisotopic (exact) mass is 371 g/mol. The average Bonchev–Trinajstić information content (AvgIpc) is 2.95. The van der Waals surface area contributed by atoms with E-state index < -0.39 is 0 Å². The molecule has 116 valence electrons. The number of carbonyl (C=O) groups is 2. The molecule has 2 rings (SSSR count). The third-order valence-corrected chi connectivity index (χ3v) is 5.53. The molecular formula is C13H13N3O2S4. The van der Waals surface area contributed by atoms with Crippen LogP contribution in [0.4, 0.5) is 9.59 Å². The Hall–Kier alpha value is -1.03. The van der Waals surface area contributed by atoms with Gasteiger partial charge in [-0.25, -0.2) is 0 Å². The van der Waals surface area contributed by atoms with Crippen LogP contribution in [0.15, 0.2) is 39.7 Å². The van der Waals surface area contributed by atoms with Crippen molar-refractivity contribution in [3.8, 4) is 0 Å². The summed E-state index contributed by atoms with van der Waals surface area (Å²) in [6.45, 7) is 0. The Morgan fingerprint density at radius 1 is 1.23 bits per heavy atom. The summed E-state index contributed by atoms with van der Waals surface area (Å²) in [6, 6.07) is 9.99. The van der Waals surface area contributed by atoms with Gasteiger partial charge in [0.2, 0.25) is 4.80 Å². The Morgan fingerprint density at radius 2 is 1.95 bits per heavy atom. The van der Waals surface area contributed by atoms with E-state index in [0.717, 1.165) is 29.3 Å². The number of thioether (sulfide) groups is 3. The van der Waals surface area contributed by atoms with E-state index in [0.29, 0.717) is 9.14 Å². The van der Waals surface area contributed by atoms with Gasteiger partial charge in [0.1, 0.15) is 0 Å². The molecular weight excluding hydrogens is 358 g/mol. The highest BCUT2D eigenvalue weighted by Gasteiger charge is 2.13. The molecule has 0 aliphatic rings. The lowest BCUT2D eigenvalue weighted by molar-refractivity contribution is 0.258. The molecule has 5 nitrogen and oxygen atoms in total. The highest BCUT2D eigenvalue weighted by Crippen LogP contribution is 2.23. The van der Waals surface area contributed by atoms with Gasteiger partial charge in [-0.1, -0.05) is 77.0 Å². The second-order valence-corrected chi connectivity index (χ2v) is 7.58. The number of rotatable bonds is 3. The van der Waals surface area contributed by atoms with Crippen LogP contribution in [0, 0.1) is 0 Å². The molecule has 0 aliphatic carbocycles. The fourth-order valence-corrected chi connectivity index (χ4v) is 3.91. The second kappa shape index (κ2) is 8.56. The van der Waals surface area contributed by atoms with Gasteiger partial charge in [-0.3, -0.25) is 9.59 Å². The highest BCUT2D eigenvalue weighted by atomic mass is 32.2. The molecule has 1 aromatic heterocycles. The predicted molar refractivity (Wildman–Crippen MR) is 94.9 cm³/mol. The molecule has 2 aromatic rings. The lowest BCUT2D eigenvalue weighted by Gasteiger charge is -1.97. The predicted octanol–water partition coefficient (Wildman–Crippen LogP) is 3.95. The maximum Gasteiger partial charge on any atom is 0.308 e. The molecule has 1 aromatic carbocycles. The minimum absolute atomic E-state index is 0.254. The number of benzene rings is 1. The molecule has 22 heavy (non-hydrogen) atoms. The lowest BCUT2D eigenvalue weighted by Crippen LogP contribution is -2.22. The summed E-state index contributed by atoms with van der Waals surface area (Å²) in [4.78, 5) is 27.6. The van der Waals surface area contributed by atoms with E-state index >= 15 is 0 Å². The van der Waals surface area contributed by atoms with Crippen molar-refractivity contribution in [1.29, 1.82) is 0 Å². The van der Waals surface area contributed by atoms with Crippen LogP contribution in [-0.2, 0) is 5.75 Å². The van der Waals surface area contributed by atoms with Crippen LogP contribution in [0.25, 0.3) is 0 Å². The average molecular weight is 372 g/mol.